The van der Waals surface area contributed by atoms with E-state index in [1.165, 1.54) is 13.2 Å². The monoisotopic (exact) mass is 390 g/mol. The van der Waals surface area contributed by atoms with E-state index in [2.05, 4.69) is 4.72 Å². The average molecular weight is 390 g/mol. The first-order chi connectivity index (χ1) is 12.8. The number of carbonyl (C=O) groups excluding carboxylic acids is 1. The number of hydrogen-bond acceptors (Lipinski definition) is 5. The van der Waals surface area contributed by atoms with Gasteiger partial charge in [-0.25, -0.2) is 13.1 Å². The van der Waals surface area contributed by atoms with Gasteiger partial charge >= 0.3 is 0 Å². The first-order valence-corrected chi connectivity index (χ1v) is 9.94. The fourth-order valence-electron chi connectivity index (χ4n) is 3.12. The molecule has 1 aliphatic heterocycles. The molecule has 0 aliphatic carbocycles. The van der Waals surface area contributed by atoms with Crippen molar-refractivity contribution in [1.82, 2.24) is 4.72 Å². The first kappa shape index (κ1) is 19.2. The normalized spacial score (nSPS) is 17.2. The zero-order chi connectivity index (χ0) is 19.6. The third-order valence-electron chi connectivity index (χ3n) is 4.49. The Morgan fingerprint density at radius 3 is 2.56 bits per heavy atom. The predicted octanol–water partition coefficient (Wildman–Crippen LogP) is 2.10. The highest BCUT2D eigenvalue weighted by Gasteiger charge is 2.33. The molecule has 1 fully saturated rings. The minimum atomic E-state index is -3.74. The van der Waals surface area contributed by atoms with E-state index >= 15 is 0 Å². The highest BCUT2D eigenvalue weighted by molar-refractivity contribution is 7.89. The number of hydrogen-bond donors (Lipinski definition) is 1. The summed E-state index contributed by atoms with van der Waals surface area (Å²) >= 11 is 0. The standard InChI is InChI=1S/C19H22N2O5S/c1-13-9-17(7-8-18(13)26-3)27(23,24)20-14-10-19(22)21(12-14)15-5-4-6-16(11-15)25-2/h4-9,11,14,20H,10,12H2,1-3H3/t14-/m1/s1. The van der Waals surface area contributed by atoms with Crippen LogP contribution in [-0.2, 0) is 14.8 Å². The minimum Gasteiger partial charge on any atom is -0.497 e. The largest absolute Gasteiger partial charge is 0.497 e. The lowest BCUT2D eigenvalue weighted by Crippen LogP contribution is -2.37. The highest BCUT2D eigenvalue weighted by atomic mass is 32.2. The van der Waals surface area contributed by atoms with Gasteiger partial charge < -0.3 is 14.4 Å². The number of nitrogens with zero attached hydrogens (tertiary/aromatic N) is 1. The summed E-state index contributed by atoms with van der Waals surface area (Å²) in [6.45, 7) is 2.04. The average Bonchev–Trinajstić information content (AvgIpc) is 3.01. The van der Waals surface area contributed by atoms with Crippen LogP contribution >= 0.6 is 0 Å². The molecule has 1 aliphatic rings. The number of carbonyl (C=O) groups is 1. The van der Waals surface area contributed by atoms with E-state index < -0.39 is 16.1 Å². The van der Waals surface area contributed by atoms with Crippen LogP contribution in [0.5, 0.6) is 11.5 Å². The Labute approximate surface area is 158 Å². The van der Waals surface area contributed by atoms with Crippen molar-refractivity contribution in [3.63, 3.8) is 0 Å². The lowest BCUT2D eigenvalue weighted by Gasteiger charge is -2.18. The van der Waals surface area contributed by atoms with Gasteiger partial charge in [-0.15, -0.1) is 0 Å². The van der Waals surface area contributed by atoms with Crippen LogP contribution in [-0.4, -0.2) is 41.1 Å². The molecule has 0 spiro atoms. The van der Waals surface area contributed by atoms with Crippen molar-refractivity contribution < 1.29 is 22.7 Å². The summed E-state index contributed by atoms with van der Waals surface area (Å²) in [5.41, 5.74) is 1.40. The van der Waals surface area contributed by atoms with Crippen LogP contribution in [0.3, 0.4) is 0 Å². The van der Waals surface area contributed by atoms with E-state index in [9.17, 15) is 13.2 Å². The zero-order valence-corrected chi connectivity index (χ0v) is 16.2. The SMILES string of the molecule is COc1cccc(N2C[C@H](NS(=O)(=O)c3ccc(OC)c(C)c3)CC2=O)c1. The zero-order valence-electron chi connectivity index (χ0n) is 15.4. The predicted molar refractivity (Wildman–Crippen MR) is 102 cm³/mol. The number of sulfonamides is 1. The molecular weight excluding hydrogens is 368 g/mol. The van der Waals surface area contributed by atoms with Crippen LogP contribution in [0.2, 0.25) is 0 Å². The van der Waals surface area contributed by atoms with E-state index in [0.717, 1.165) is 5.56 Å². The van der Waals surface area contributed by atoms with Crippen LogP contribution in [0.4, 0.5) is 5.69 Å². The summed E-state index contributed by atoms with van der Waals surface area (Å²) in [5.74, 6) is 1.12. The second-order valence-electron chi connectivity index (χ2n) is 6.36. The number of ether oxygens (including phenoxy) is 2. The van der Waals surface area contributed by atoms with Gasteiger partial charge in [0, 0.05) is 30.8 Å². The molecule has 1 N–H and O–H groups in total. The number of rotatable bonds is 6. The quantitative estimate of drug-likeness (QED) is 0.816. The molecule has 0 unspecified atom stereocenters. The lowest BCUT2D eigenvalue weighted by molar-refractivity contribution is -0.117. The van der Waals surface area contributed by atoms with Crippen molar-refractivity contribution in [3.8, 4) is 11.5 Å². The Morgan fingerprint density at radius 1 is 1.11 bits per heavy atom. The molecule has 1 atom stereocenters. The second-order valence-corrected chi connectivity index (χ2v) is 8.07. The van der Waals surface area contributed by atoms with Gasteiger partial charge in [-0.05, 0) is 42.8 Å². The van der Waals surface area contributed by atoms with Crippen LogP contribution in [0, 0.1) is 6.92 Å². The first-order valence-electron chi connectivity index (χ1n) is 8.45. The molecule has 0 saturated carbocycles. The molecule has 1 amide bonds. The van der Waals surface area contributed by atoms with Gasteiger partial charge in [-0.1, -0.05) is 6.07 Å². The maximum absolute atomic E-state index is 12.7. The maximum Gasteiger partial charge on any atom is 0.240 e. The van der Waals surface area contributed by atoms with E-state index in [0.29, 0.717) is 17.2 Å². The Hall–Kier alpha value is -2.58. The maximum atomic E-state index is 12.7. The molecule has 2 aromatic rings. The molecule has 8 heteroatoms. The van der Waals surface area contributed by atoms with Crippen molar-refractivity contribution in [2.24, 2.45) is 0 Å². The van der Waals surface area contributed by atoms with E-state index in [1.54, 1.807) is 55.3 Å². The summed E-state index contributed by atoms with van der Waals surface area (Å²) in [5, 5.41) is 0. The molecule has 27 heavy (non-hydrogen) atoms. The molecular formula is C19H22N2O5S. The minimum absolute atomic E-state index is 0.103. The summed E-state index contributed by atoms with van der Waals surface area (Å²) in [7, 11) is -0.654. The summed E-state index contributed by atoms with van der Waals surface area (Å²) < 4.78 is 38.4. The van der Waals surface area contributed by atoms with Crippen molar-refractivity contribution in [1.29, 1.82) is 0 Å². The third kappa shape index (κ3) is 4.06. The number of methoxy groups -OCH3 is 2. The van der Waals surface area contributed by atoms with Gasteiger partial charge in [0.15, 0.2) is 0 Å². The van der Waals surface area contributed by atoms with Crippen molar-refractivity contribution in [3.05, 3.63) is 48.0 Å². The molecule has 0 radical (unpaired) electrons. The number of benzene rings is 2. The van der Waals surface area contributed by atoms with Crippen LogP contribution in [0.1, 0.15) is 12.0 Å². The van der Waals surface area contributed by atoms with Crippen molar-refractivity contribution in [2.75, 3.05) is 25.7 Å². The van der Waals surface area contributed by atoms with Crippen molar-refractivity contribution in [2.45, 2.75) is 24.3 Å². The fraction of sp³-hybridized carbons (Fsp3) is 0.316. The highest BCUT2D eigenvalue weighted by Crippen LogP contribution is 2.27. The van der Waals surface area contributed by atoms with Crippen LogP contribution in [0.25, 0.3) is 0 Å². The molecule has 3 rings (SSSR count). The number of aryl methyl sites for hydroxylation is 1. The fourth-order valence-corrected chi connectivity index (χ4v) is 4.43. The lowest BCUT2D eigenvalue weighted by atomic mass is 10.2. The van der Waals surface area contributed by atoms with Crippen LogP contribution in [0.15, 0.2) is 47.4 Å². The van der Waals surface area contributed by atoms with Gasteiger partial charge in [-0.2, -0.15) is 0 Å². The molecule has 0 aromatic heterocycles. The third-order valence-corrected chi connectivity index (χ3v) is 6.01. The number of amides is 1. The van der Waals surface area contributed by atoms with E-state index in [-0.39, 0.29) is 23.8 Å². The number of nitrogens with one attached hydrogen (secondary N) is 1. The Balaban J connectivity index is 1.76. The van der Waals surface area contributed by atoms with E-state index in [1.807, 2.05) is 0 Å². The molecule has 1 saturated heterocycles. The molecule has 7 nitrogen and oxygen atoms in total. The molecule has 2 aromatic carbocycles. The molecule has 144 valence electrons. The smallest absolute Gasteiger partial charge is 0.240 e. The summed E-state index contributed by atoms with van der Waals surface area (Å²) in [6.07, 6.45) is 0.103. The van der Waals surface area contributed by atoms with Gasteiger partial charge in [0.1, 0.15) is 11.5 Å². The van der Waals surface area contributed by atoms with E-state index in [4.69, 9.17) is 9.47 Å². The summed E-state index contributed by atoms with van der Waals surface area (Å²) in [6, 6.07) is 11.3. The van der Waals surface area contributed by atoms with Gasteiger partial charge in [0.25, 0.3) is 0 Å². The van der Waals surface area contributed by atoms with Gasteiger partial charge in [-0.3, -0.25) is 4.79 Å². The second kappa shape index (κ2) is 7.58. The van der Waals surface area contributed by atoms with Crippen molar-refractivity contribution >= 4 is 21.6 Å². The summed E-state index contributed by atoms with van der Waals surface area (Å²) in [4.78, 5) is 14.1. The molecule has 0 bridgehead atoms. The Morgan fingerprint density at radius 2 is 1.89 bits per heavy atom. The topological polar surface area (TPSA) is 84.9 Å². The van der Waals surface area contributed by atoms with Gasteiger partial charge in [0.05, 0.1) is 19.1 Å². The van der Waals surface area contributed by atoms with Gasteiger partial charge in [0.2, 0.25) is 15.9 Å². The van der Waals surface area contributed by atoms with Crippen LogP contribution < -0.4 is 19.1 Å². The Kier molecular flexibility index (Phi) is 5.38. The number of anilines is 1. The molecule has 1 heterocycles. The Bertz CT molecular complexity index is 958.